The molecule has 2 aromatic carbocycles. The Kier molecular flexibility index (Phi) is 4.10. The van der Waals surface area contributed by atoms with Crippen molar-refractivity contribution in [2.45, 2.75) is 23.8 Å². The molecule has 1 saturated heterocycles. The molecule has 1 N–H and O–H groups in total. The van der Waals surface area contributed by atoms with Gasteiger partial charge in [0.25, 0.3) is 0 Å². The minimum Gasteiger partial charge on any atom is -0.261 e. The predicted octanol–water partition coefficient (Wildman–Crippen LogP) is 3.00. The van der Waals surface area contributed by atoms with Crippen LogP contribution in [0.25, 0.3) is 11.4 Å². The molecule has 1 aliphatic heterocycles. The minimum atomic E-state index is -3.55. The van der Waals surface area contributed by atoms with Crippen LogP contribution in [0.2, 0.25) is 0 Å². The largest absolute Gasteiger partial charge is 0.261 e. The summed E-state index contributed by atoms with van der Waals surface area (Å²) >= 11 is 0. The van der Waals surface area contributed by atoms with E-state index in [0.717, 1.165) is 18.4 Å². The molecule has 4 rings (SSSR count). The topological polar surface area (TPSA) is 79.0 Å². The lowest BCUT2D eigenvalue weighted by Gasteiger charge is -2.22. The molecule has 2 heterocycles. The average molecular weight is 354 g/mol. The lowest BCUT2D eigenvalue weighted by atomic mass is 10.2. The van der Waals surface area contributed by atoms with Gasteiger partial charge in [-0.1, -0.05) is 48.5 Å². The Morgan fingerprint density at radius 2 is 1.68 bits per heavy atom. The summed E-state index contributed by atoms with van der Waals surface area (Å²) in [6, 6.07) is 17.9. The molecule has 1 unspecified atom stereocenters. The molecule has 0 spiro atoms. The fourth-order valence-corrected chi connectivity index (χ4v) is 4.85. The first-order valence-corrected chi connectivity index (χ1v) is 9.65. The molecular formula is C18H18N4O2S. The van der Waals surface area contributed by atoms with Crippen molar-refractivity contribution in [1.82, 2.24) is 19.5 Å². The Morgan fingerprint density at radius 3 is 2.40 bits per heavy atom. The number of sulfonamides is 1. The highest BCUT2D eigenvalue weighted by atomic mass is 32.2. The van der Waals surface area contributed by atoms with Gasteiger partial charge in [-0.2, -0.15) is 9.40 Å². The van der Waals surface area contributed by atoms with Gasteiger partial charge in [-0.05, 0) is 25.0 Å². The molecule has 0 amide bonds. The number of nitrogens with one attached hydrogen (secondary N) is 1. The zero-order valence-electron chi connectivity index (χ0n) is 13.5. The van der Waals surface area contributed by atoms with Crippen LogP contribution in [-0.2, 0) is 10.0 Å². The Hall–Kier alpha value is -2.51. The number of aromatic nitrogens is 3. The van der Waals surface area contributed by atoms with Crippen molar-refractivity contribution in [3.8, 4) is 11.4 Å². The molecular weight excluding hydrogens is 336 g/mol. The molecule has 1 aromatic heterocycles. The normalized spacial score (nSPS) is 18.5. The third-order valence-corrected chi connectivity index (χ3v) is 6.33. The fourth-order valence-electron chi connectivity index (χ4n) is 3.17. The zero-order chi connectivity index (χ0) is 17.3. The van der Waals surface area contributed by atoms with Crippen LogP contribution in [-0.4, -0.2) is 34.4 Å². The lowest BCUT2D eigenvalue weighted by Crippen LogP contribution is -2.31. The van der Waals surface area contributed by atoms with E-state index in [0.29, 0.717) is 23.1 Å². The van der Waals surface area contributed by atoms with Crippen LogP contribution in [0.3, 0.4) is 0 Å². The maximum absolute atomic E-state index is 13.0. The van der Waals surface area contributed by atoms with Crippen molar-refractivity contribution < 1.29 is 8.42 Å². The second kappa shape index (κ2) is 6.42. The molecule has 128 valence electrons. The number of hydrogen-bond donors (Lipinski definition) is 1. The van der Waals surface area contributed by atoms with Gasteiger partial charge in [-0.3, -0.25) is 5.10 Å². The number of aromatic amines is 1. The number of hydrogen-bond acceptors (Lipinski definition) is 4. The highest BCUT2D eigenvalue weighted by Crippen LogP contribution is 2.35. The molecule has 1 aliphatic rings. The van der Waals surface area contributed by atoms with Gasteiger partial charge in [0.15, 0.2) is 5.82 Å². The maximum atomic E-state index is 13.0. The Morgan fingerprint density at radius 1 is 1.00 bits per heavy atom. The van der Waals surface area contributed by atoms with Crippen molar-refractivity contribution >= 4 is 10.0 Å². The molecule has 3 aromatic rings. The Bertz CT molecular complexity index is 955. The molecule has 1 atom stereocenters. The SMILES string of the molecule is O=S(=O)(c1ccccc1)N1CCCC1c1nc(-c2ccccc2)n[nH]1. The van der Waals surface area contributed by atoms with E-state index < -0.39 is 10.0 Å². The molecule has 0 aliphatic carbocycles. The standard InChI is InChI=1S/C18H18N4O2S/c23-25(24,15-10-5-2-6-11-15)22-13-7-12-16(22)18-19-17(20-21-18)14-8-3-1-4-9-14/h1-6,8-11,16H,7,12-13H2,(H,19,20,21). The quantitative estimate of drug-likeness (QED) is 0.781. The smallest absolute Gasteiger partial charge is 0.243 e. The van der Waals surface area contributed by atoms with Crippen LogP contribution in [0.15, 0.2) is 65.6 Å². The van der Waals surface area contributed by atoms with Crippen LogP contribution < -0.4 is 0 Å². The summed E-state index contributed by atoms with van der Waals surface area (Å²) in [7, 11) is -3.55. The van der Waals surface area contributed by atoms with Crippen LogP contribution in [0.4, 0.5) is 0 Å². The van der Waals surface area contributed by atoms with Gasteiger partial charge in [0, 0.05) is 12.1 Å². The van der Waals surface area contributed by atoms with Crippen molar-refractivity contribution in [3.63, 3.8) is 0 Å². The third kappa shape index (κ3) is 2.96. The van der Waals surface area contributed by atoms with Gasteiger partial charge in [0.1, 0.15) is 5.82 Å². The van der Waals surface area contributed by atoms with E-state index in [4.69, 9.17) is 0 Å². The molecule has 0 bridgehead atoms. The second-order valence-corrected chi connectivity index (χ2v) is 7.89. The van der Waals surface area contributed by atoms with Gasteiger partial charge in [-0.25, -0.2) is 13.4 Å². The van der Waals surface area contributed by atoms with Crippen molar-refractivity contribution in [2.24, 2.45) is 0 Å². The van der Waals surface area contributed by atoms with E-state index in [1.165, 1.54) is 4.31 Å². The summed E-state index contributed by atoms with van der Waals surface area (Å²) in [6.07, 6.45) is 1.54. The summed E-state index contributed by atoms with van der Waals surface area (Å²) in [5.74, 6) is 1.18. The molecule has 0 radical (unpaired) electrons. The summed E-state index contributed by atoms with van der Waals surface area (Å²) in [5.41, 5.74) is 0.903. The van der Waals surface area contributed by atoms with Crippen molar-refractivity contribution in [3.05, 3.63) is 66.5 Å². The third-order valence-electron chi connectivity index (χ3n) is 4.40. The fraction of sp³-hybridized carbons (Fsp3) is 0.222. The van der Waals surface area contributed by atoms with E-state index in [9.17, 15) is 8.42 Å². The Labute approximate surface area is 146 Å². The Balaban J connectivity index is 1.66. The number of benzene rings is 2. The number of H-pyrrole nitrogens is 1. The van der Waals surface area contributed by atoms with Crippen LogP contribution >= 0.6 is 0 Å². The minimum absolute atomic E-state index is 0.310. The number of rotatable bonds is 4. The maximum Gasteiger partial charge on any atom is 0.243 e. The van der Waals surface area contributed by atoms with Gasteiger partial charge in [0.05, 0.1) is 10.9 Å². The summed E-state index contributed by atoms with van der Waals surface area (Å²) in [5, 5.41) is 7.20. The predicted molar refractivity (Wildman–Crippen MR) is 94.1 cm³/mol. The average Bonchev–Trinajstić information content (AvgIpc) is 3.33. The zero-order valence-corrected chi connectivity index (χ0v) is 14.4. The van der Waals surface area contributed by atoms with E-state index in [2.05, 4.69) is 15.2 Å². The highest BCUT2D eigenvalue weighted by molar-refractivity contribution is 7.89. The monoisotopic (exact) mass is 354 g/mol. The first-order chi connectivity index (χ1) is 12.2. The van der Waals surface area contributed by atoms with Crippen LogP contribution in [0.1, 0.15) is 24.7 Å². The van der Waals surface area contributed by atoms with Crippen molar-refractivity contribution in [1.29, 1.82) is 0 Å². The van der Waals surface area contributed by atoms with E-state index in [1.54, 1.807) is 24.3 Å². The molecule has 7 heteroatoms. The lowest BCUT2D eigenvalue weighted by molar-refractivity contribution is 0.384. The molecule has 6 nitrogen and oxygen atoms in total. The van der Waals surface area contributed by atoms with Gasteiger partial charge < -0.3 is 0 Å². The number of nitrogens with zero attached hydrogens (tertiary/aromatic N) is 3. The first-order valence-electron chi connectivity index (χ1n) is 8.21. The van der Waals surface area contributed by atoms with Gasteiger partial charge in [-0.15, -0.1) is 0 Å². The molecule has 0 saturated carbocycles. The van der Waals surface area contributed by atoms with E-state index in [-0.39, 0.29) is 6.04 Å². The van der Waals surface area contributed by atoms with Crippen molar-refractivity contribution in [2.75, 3.05) is 6.54 Å². The molecule has 25 heavy (non-hydrogen) atoms. The summed E-state index contributed by atoms with van der Waals surface area (Å²) < 4.78 is 27.4. The van der Waals surface area contributed by atoms with Gasteiger partial charge in [0.2, 0.25) is 10.0 Å². The van der Waals surface area contributed by atoms with Crippen LogP contribution in [0, 0.1) is 0 Å². The highest BCUT2D eigenvalue weighted by Gasteiger charge is 2.38. The second-order valence-electron chi connectivity index (χ2n) is 6.00. The summed E-state index contributed by atoms with van der Waals surface area (Å²) in [6.45, 7) is 0.489. The molecule has 1 fully saturated rings. The summed E-state index contributed by atoms with van der Waals surface area (Å²) in [4.78, 5) is 4.86. The van der Waals surface area contributed by atoms with E-state index in [1.807, 2.05) is 36.4 Å². The first kappa shape index (κ1) is 16.0. The van der Waals surface area contributed by atoms with E-state index >= 15 is 0 Å². The van der Waals surface area contributed by atoms with Crippen LogP contribution in [0.5, 0.6) is 0 Å². The van der Waals surface area contributed by atoms with Gasteiger partial charge >= 0.3 is 0 Å².